The topological polar surface area (TPSA) is 127 Å². The van der Waals surface area contributed by atoms with Gasteiger partial charge in [-0.2, -0.15) is 5.26 Å². The summed E-state index contributed by atoms with van der Waals surface area (Å²) >= 11 is 0. The van der Waals surface area contributed by atoms with E-state index in [0.29, 0.717) is 31.0 Å². The first-order valence-corrected chi connectivity index (χ1v) is 12.9. The first kappa shape index (κ1) is 24.2. The summed E-state index contributed by atoms with van der Waals surface area (Å²) in [6, 6.07) is 8.14. The predicted octanol–water partition coefficient (Wildman–Crippen LogP) is 2.73. The minimum atomic E-state index is -0.775. The lowest BCUT2D eigenvalue weighted by molar-refractivity contribution is -0.129. The number of nitrogens with one attached hydrogen (secondary N) is 3. The number of amides is 3. The van der Waals surface area contributed by atoms with E-state index in [4.69, 9.17) is 4.74 Å². The standard InChI is InChI=1S/C27H33N5O4/c1-36-23-10-4-9-21-20(23)13-22(31-21)27(35)32-15-17-6-2-3-8-19(17)24(32)26(34)30-18(14-28)12-16-7-5-11-29-25(16)33/h4,9-10,13,16-19,24,31H,2-3,5-8,11-12,15H2,1H3,(H,29,33)(H,30,34)/t16?,17-,18-,19-,24-/m0/s1. The van der Waals surface area contributed by atoms with Gasteiger partial charge in [0, 0.05) is 29.9 Å². The molecule has 5 rings (SSSR count). The molecular formula is C27H33N5O4. The van der Waals surface area contributed by atoms with Crippen LogP contribution in [0.1, 0.15) is 55.4 Å². The van der Waals surface area contributed by atoms with Crippen molar-refractivity contribution in [3.8, 4) is 11.8 Å². The number of fused-ring (bicyclic) bond motifs is 2. The van der Waals surface area contributed by atoms with Gasteiger partial charge in [-0.3, -0.25) is 14.4 Å². The molecule has 1 aromatic heterocycles. The summed E-state index contributed by atoms with van der Waals surface area (Å²) in [5.74, 6) is 0.151. The Morgan fingerprint density at radius 3 is 2.86 bits per heavy atom. The van der Waals surface area contributed by atoms with Gasteiger partial charge < -0.3 is 25.3 Å². The van der Waals surface area contributed by atoms with Crippen molar-refractivity contribution in [2.75, 3.05) is 20.2 Å². The van der Waals surface area contributed by atoms with Crippen LogP contribution < -0.4 is 15.4 Å². The smallest absolute Gasteiger partial charge is 0.271 e. The van der Waals surface area contributed by atoms with Crippen LogP contribution in [0.4, 0.5) is 0 Å². The number of hydrogen-bond acceptors (Lipinski definition) is 5. The second kappa shape index (κ2) is 10.2. The Morgan fingerprint density at radius 1 is 1.25 bits per heavy atom. The summed E-state index contributed by atoms with van der Waals surface area (Å²) in [7, 11) is 1.59. The van der Waals surface area contributed by atoms with Gasteiger partial charge in [-0.25, -0.2) is 0 Å². The fourth-order valence-corrected chi connectivity index (χ4v) is 6.34. The molecule has 1 aromatic carbocycles. The van der Waals surface area contributed by atoms with Crippen LogP contribution in [0, 0.1) is 29.1 Å². The molecule has 9 heteroatoms. The van der Waals surface area contributed by atoms with Gasteiger partial charge >= 0.3 is 0 Å². The van der Waals surface area contributed by atoms with Gasteiger partial charge in [-0.15, -0.1) is 0 Å². The van der Waals surface area contributed by atoms with Crippen LogP contribution in [-0.2, 0) is 9.59 Å². The second-order valence-electron chi connectivity index (χ2n) is 10.3. The first-order valence-electron chi connectivity index (χ1n) is 12.9. The minimum Gasteiger partial charge on any atom is -0.496 e. The first-order chi connectivity index (χ1) is 17.5. The Bertz CT molecular complexity index is 1200. The number of methoxy groups -OCH3 is 1. The fraction of sp³-hybridized carbons (Fsp3) is 0.556. The van der Waals surface area contributed by atoms with Gasteiger partial charge in [-0.1, -0.05) is 18.9 Å². The third-order valence-electron chi connectivity index (χ3n) is 8.14. The van der Waals surface area contributed by atoms with Crippen molar-refractivity contribution in [3.63, 3.8) is 0 Å². The van der Waals surface area contributed by atoms with Crippen molar-refractivity contribution in [2.24, 2.45) is 17.8 Å². The molecule has 1 saturated carbocycles. The number of hydrogen-bond donors (Lipinski definition) is 3. The monoisotopic (exact) mass is 491 g/mol. The Hall–Kier alpha value is -3.54. The highest BCUT2D eigenvalue weighted by molar-refractivity contribution is 6.02. The van der Waals surface area contributed by atoms with E-state index in [1.807, 2.05) is 18.2 Å². The van der Waals surface area contributed by atoms with Crippen LogP contribution in [-0.4, -0.2) is 59.9 Å². The van der Waals surface area contributed by atoms with Crippen LogP contribution in [0.25, 0.3) is 10.9 Å². The fourth-order valence-electron chi connectivity index (χ4n) is 6.34. The largest absolute Gasteiger partial charge is 0.496 e. The van der Waals surface area contributed by atoms with E-state index in [9.17, 15) is 19.6 Å². The number of aromatic amines is 1. The summed E-state index contributed by atoms with van der Waals surface area (Å²) in [6.45, 7) is 1.18. The lowest BCUT2D eigenvalue weighted by Crippen LogP contribution is -2.52. The number of nitrogens with zero attached hydrogens (tertiary/aromatic N) is 2. The maximum absolute atomic E-state index is 13.7. The second-order valence-corrected chi connectivity index (χ2v) is 10.3. The number of carbonyl (C=O) groups excluding carboxylic acids is 3. The number of benzene rings is 1. The van der Waals surface area contributed by atoms with E-state index in [1.54, 1.807) is 18.1 Å². The molecule has 36 heavy (non-hydrogen) atoms. The number of carbonyl (C=O) groups is 3. The average molecular weight is 492 g/mol. The average Bonchev–Trinajstić information content (AvgIpc) is 3.51. The van der Waals surface area contributed by atoms with Gasteiger partial charge in [0.05, 0.1) is 13.2 Å². The molecule has 190 valence electrons. The minimum absolute atomic E-state index is 0.0602. The number of likely N-dealkylation sites (tertiary alicyclic amines) is 1. The zero-order chi connectivity index (χ0) is 25.2. The molecule has 3 fully saturated rings. The van der Waals surface area contributed by atoms with E-state index in [1.165, 1.54) is 0 Å². The summed E-state index contributed by atoms with van der Waals surface area (Å²) in [5, 5.41) is 16.3. The highest BCUT2D eigenvalue weighted by Gasteiger charge is 2.49. The maximum Gasteiger partial charge on any atom is 0.271 e. The Labute approximate surface area is 210 Å². The Balaban J connectivity index is 1.38. The molecule has 1 unspecified atom stereocenters. The third-order valence-corrected chi connectivity index (χ3v) is 8.14. The molecule has 3 heterocycles. The van der Waals surface area contributed by atoms with Crippen molar-refractivity contribution in [3.05, 3.63) is 30.0 Å². The Morgan fingerprint density at radius 2 is 2.08 bits per heavy atom. The molecule has 3 aliphatic rings. The number of rotatable bonds is 6. The van der Waals surface area contributed by atoms with E-state index in [0.717, 1.165) is 43.0 Å². The molecule has 2 saturated heterocycles. The van der Waals surface area contributed by atoms with Crippen molar-refractivity contribution < 1.29 is 19.1 Å². The molecule has 3 amide bonds. The van der Waals surface area contributed by atoms with Gasteiger partial charge in [-0.05, 0) is 62.1 Å². The quantitative estimate of drug-likeness (QED) is 0.573. The normalized spacial score (nSPS) is 26.6. The molecule has 2 aromatic rings. The molecule has 1 aliphatic carbocycles. The van der Waals surface area contributed by atoms with Crippen molar-refractivity contribution >= 4 is 28.6 Å². The van der Waals surface area contributed by atoms with Crippen LogP contribution in [0.5, 0.6) is 5.75 Å². The summed E-state index contributed by atoms with van der Waals surface area (Å²) in [5.41, 5.74) is 1.22. The van der Waals surface area contributed by atoms with Crippen molar-refractivity contribution in [1.82, 2.24) is 20.5 Å². The molecule has 9 nitrogen and oxygen atoms in total. The number of nitriles is 1. The highest BCUT2D eigenvalue weighted by atomic mass is 16.5. The predicted molar refractivity (Wildman–Crippen MR) is 133 cm³/mol. The zero-order valence-corrected chi connectivity index (χ0v) is 20.6. The number of H-pyrrole nitrogens is 1. The highest BCUT2D eigenvalue weighted by Crippen LogP contribution is 2.41. The van der Waals surface area contributed by atoms with E-state index >= 15 is 0 Å². The molecule has 0 bridgehead atoms. The van der Waals surface area contributed by atoms with Gasteiger partial charge in [0.25, 0.3) is 5.91 Å². The van der Waals surface area contributed by atoms with E-state index in [2.05, 4.69) is 21.7 Å². The van der Waals surface area contributed by atoms with Gasteiger partial charge in [0.1, 0.15) is 23.5 Å². The van der Waals surface area contributed by atoms with Gasteiger partial charge in [0.15, 0.2) is 0 Å². The number of aromatic nitrogens is 1. The van der Waals surface area contributed by atoms with Crippen LogP contribution in [0.2, 0.25) is 0 Å². The van der Waals surface area contributed by atoms with Crippen molar-refractivity contribution in [1.29, 1.82) is 5.26 Å². The van der Waals surface area contributed by atoms with E-state index in [-0.39, 0.29) is 41.9 Å². The molecular weight excluding hydrogens is 458 g/mol. The summed E-state index contributed by atoms with van der Waals surface area (Å²) in [6.07, 6.45) is 5.86. The molecule has 0 radical (unpaired) electrons. The van der Waals surface area contributed by atoms with Gasteiger partial charge in [0.2, 0.25) is 11.8 Å². The number of ether oxygens (including phenoxy) is 1. The van der Waals surface area contributed by atoms with E-state index < -0.39 is 12.1 Å². The van der Waals surface area contributed by atoms with Crippen molar-refractivity contribution in [2.45, 2.75) is 57.0 Å². The molecule has 5 atom stereocenters. The summed E-state index contributed by atoms with van der Waals surface area (Å²) < 4.78 is 5.44. The lowest BCUT2D eigenvalue weighted by Gasteiger charge is -2.30. The molecule has 2 aliphatic heterocycles. The molecule has 3 N–H and O–H groups in total. The van der Waals surface area contributed by atoms with Crippen LogP contribution >= 0.6 is 0 Å². The number of piperidine rings is 1. The Kier molecular flexibility index (Phi) is 6.86. The zero-order valence-electron chi connectivity index (χ0n) is 20.6. The van der Waals surface area contributed by atoms with Crippen LogP contribution in [0.15, 0.2) is 24.3 Å². The molecule has 0 spiro atoms. The maximum atomic E-state index is 13.7. The SMILES string of the molecule is COc1cccc2[nH]c(C(=O)N3C[C@@H]4CCCC[C@@H]4[C@H]3C(=O)N[C@H](C#N)CC3CCCNC3=O)cc12. The van der Waals surface area contributed by atoms with Crippen LogP contribution in [0.3, 0.4) is 0 Å². The summed E-state index contributed by atoms with van der Waals surface area (Å²) in [4.78, 5) is 44.5. The third kappa shape index (κ3) is 4.52. The lowest BCUT2D eigenvalue weighted by atomic mass is 9.78.